The summed E-state index contributed by atoms with van der Waals surface area (Å²) in [5.41, 5.74) is 0.364. The van der Waals surface area contributed by atoms with Gasteiger partial charge in [-0.1, -0.05) is 12.8 Å². The zero-order valence-corrected chi connectivity index (χ0v) is 6.02. The van der Waals surface area contributed by atoms with E-state index in [2.05, 4.69) is 0 Å². The molecule has 0 aromatic heterocycles. The van der Waals surface area contributed by atoms with Crippen molar-refractivity contribution in [2.24, 2.45) is 5.92 Å². The summed E-state index contributed by atoms with van der Waals surface area (Å²) in [6.07, 6.45) is 6.89. The van der Waals surface area contributed by atoms with E-state index in [0.29, 0.717) is 5.60 Å². The number of methoxy groups -OCH3 is 1. The third-order valence-electron chi connectivity index (χ3n) is 3.00. The molecule has 0 N–H and O–H groups in total. The maximum atomic E-state index is 5.44. The first-order valence-corrected chi connectivity index (χ1v) is 3.90. The molecular weight excluding hydrogens is 112 g/mol. The van der Waals surface area contributed by atoms with Gasteiger partial charge in [0.05, 0.1) is 5.60 Å². The number of hydrogen-bond donors (Lipinski definition) is 0. The Labute approximate surface area is 56.4 Å². The molecule has 0 amide bonds. The summed E-state index contributed by atoms with van der Waals surface area (Å²) in [5.74, 6) is 1.03. The average Bonchev–Trinajstić information content (AvgIpc) is 1.88. The SMILES string of the molecule is COC12CCCC(C1)C2. The first-order chi connectivity index (χ1) is 4.35. The molecule has 3 aliphatic rings. The van der Waals surface area contributed by atoms with Gasteiger partial charge in [0, 0.05) is 7.11 Å². The lowest BCUT2D eigenvalue weighted by molar-refractivity contribution is -0.135. The average molecular weight is 126 g/mol. The van der Waals surface area contributed by atoms with Crippen molar-refractivity contribution < 1.29 is 4.74 Å². The zero-order valence-electron chi connectivity index (χ0n) is 6.02. The number of ether oxygens (including phenoxy) is 1. The maximum absolute atomic E-state index is 5.44. The summed E-state index contributed by atoms with van der Waals surface area (Å²) in [7, 11) is 1.86. The second-order valence-electron chi connectivity index (χ2n) is 3.55. The fraction of sp³-hybridized carbons (Fsp3) is 1.00. The van der Waals surface area contributed by atoms with Crippen molar-refractivity contribution in [3.8, 4) is 0 Å². The van der Waals surface area contributed by atoms with Gasteiger partial charge < -0.3 is 4.74 Å². The first kappa shape index (κ1) is 5.72. The van der Waals surface area contributed by atoms with Crippen molar-refractivity contribution >= 4 is 0 Å². The minimum absolute atomic E-state index is 0.364. The predicted octanol–water partition coefficient (Wildman–Crippen LogP) is 1.97. The van der Waals surface area contributed by atoms with Gasteiger partial charge in [-0.05, 0) is 25.2 Å². The molecule has 2 bridgehead atoms. The standard InChI is InChI=1S/C8H14O/c1-9-8-4-2-3-7(5-8)6-8/h7H,2-6H2,1H3. The molecule has 52 valence electrons. The van der Waals surface area contributed by atoms with Crippen molar-refractivity contribution in [2.75, 3.05) is 7.11 Å². The van der Waals surface area contributed by atoms with Crippen LogP contribution < -0.4 is 0 Å². The summed E-state index contributed by atoms with van der Waals surface area (Å²) in [6.45, 7) is 0. The van der Waals surface area contributed by atoms with E-state index in [4.69, 9.17) is 4.74 Å². The summed E-state index contributed by atoms with van der Waals surface area (Å²) in [4.78, 5) is 0. The summed E-state index contributed by atoms with van der Waals surface area (Å²) in [6, 6.07) is 0. The normalized spacial score (nSPS) is 48.3. The highest BCUT2D eigenvalue weighted by atomic mass is 16.5. The van der Waals surface area contributed by atoms with E-state index in [1.54, 1.807) is 0 Å². The Hall–Kier alpha value is -0.0400. The Morgan fingerprint density at radius 3 is 2.56 bits per heavy atom. The van der Waals surface area contributed by atoms with Gasteiger partial charge in [-0.15, -0.1) is 0 Å². The molecule has 3 aliphatic carbocycles. The highest BCUT2D eigenvalue weighted by molar-refractivity contribution is 4.99. The Morgan fingerprint density at radius 2 is 2.22 bits per heavy atom. The van der Waals surface area contributed by atoms with Crippen LogP contribution in [0.5, 0.6) is 0 Å². The third-order valence-corrected chi connectivity index (χ3v) is 3.00. The summed E-state index contributed by atoms with van der Waals surface area (Å²) < 4.78 is 5.44. The highest BCUT2D eigenvalue weighted by Gasteiger charge is 2.46. The van der Waals surface area contributed by atoms with Gasteiger partial charge in [0.2, 0.25) is 0 Å². The first-order valence-electron chi connectivity index (χ1n) is 3.90. The Kier molecular flexibility index (Phi) is 1.10. The van der Waals surface area contributed by atoms with Crippen LogP contribution >= 0.6 is 0 Å². The van der Waals surface area contributed by atoms with Crippen molar-refractivity contribution in [2.45, 2.75) is 37.7 Å². The van der Waals surface area contributed by atoms with Gasteiger partial charge in [-0.2, -0.15) is 0 Å². The molecule has 1 heteroatoms. The molecule has 0 atom stereocenters. The fourth-order valence-corrected chi connectivity index (χ4v) is 2.38. The predicted molar refractivity (Wildman–Crippen MR) is 36.3 cm³/mol. The van der Waals surface area contributed by atoms with E-state index >= 15 is 0 Å². The minimum atomic E-state index is 0.364. The second kappa shape index (κ2) is 1.72. The number of fused-ring (bicyclic) bond motifs is 2. The molecule has 0 aromatic carbocycles. The van der Waals surface area contributed by atoms with Gasteiger partial charge in [-0.3, -0.25) is 0 Å². The van der Waals surface area contributed by atoms with Crippen LogP contribution in [0.1, 0.15) is 32.1 Å². The smallest absolute Gasteiger partial charge is 0.0684 e. The lowest BCUT2D eigenvalue weighted by atomic mass is 9.62. The maximum Gasteiger partial charge on any atom is 0.0684 e. The molecule has 0 radical (unpaired) electrons. The largest absolute Gasteiger partial charge is 0.378 e. The lowest BCUT2D eigenvalue weighted by Crippen LogP contribution is -2.48. The van der Waals surface area contributed by atoms with E-state index in [1.807, 2.05) is 7.11 Å². The van der Waals surface area contributed by atoms with Crippen LogP contribution in [-0.4, -0.2) is 12.7 Å². The van der Waals surface area contributed by atoms with Gasteiger partial charge >= 0.3 is 0 Å². The molecule has 3 saturated carbocycles. The van der Waals surface area contributed by atoms with Gasteiger partial charge in [0.1, 0.15) is 0 Å². The summed E-state index contributed by atoms with van der Waals surface area (Å²) in [5, 5.41) is 0. The van der Waals surface area contributed by atoms with Crippen LogP contribution in [-0.2, 0) is 4.74 Å². The van der Waals surface area contributed by atoms with Crippen LogP contribution in [0.2, 0.25) is 0 Å². The fourth-order valence-electron chi connectivity index (χ4n) is 2.38. The van der Waals surface area contributed by atoms with Crippen molar-refractivity contribution in [1.29, 1.82) is 0 Å². The molecule has 0 aliphatic heterocycles. The third kappa shape index (κ3) is 0.710. The molecule has 3 fully saturated rings. The highest BCUT2D eigenvalue weighted by Crippen LogP contribution is 2.50. The van der Waals surface area contributed by atoms with Crippen molar-refractivity contribution in [1.82, 2.24) is 0 Å². The molecule has 0 heterocycles. The van der Waals surface area contributed by atoms with Crippen LogP contribution in [0.4, 0.5) is 0 Å². The van der Waals surface area contributed by atoms with E-state index in [0.717, 1.165) is 5.92 Å². The molecule has 0 saturated heterocycles. The van der Waals surface area contributed by atoms with Gasteiger partial charge in [0.25, 0.3) is 0 Å². The molecule has 9 heavy (non-hydrogen) atoms. The second-order valence-corrected chi connectivity index (χ2v) is 3.55. The zero-order chi connectivity index (χ0) is 6.32. The molecule has 0 aromatic rings. The Balaban J connectivity index is 2.02. The van der Waals surface area contributed by atoms with Crippen LogP contribution in [0.3, 0.4) is 0 Å². The monoisotopic (exact) mass is 126 g/mol. The lowest BCUT2D eigenvalue weighted by Gasteiger charge is -2.51. The van der Waals surface area contributed by atoms with Gasteiger partial charge in [0.15, 0.2) is 0 Å². The van der Waals surface area contributed by atoms with Gasteiger partial charge in [-0.25, -0.2) is 0 Å². The molecule has 1 nitrogen and oxygen atoms in total. The molecule has 0 unspecified atom stereocenters. The number of hydrogen-bond acceptors (Lipinski definition) is 1. The minimum Gasteiger partial charge on any atom is -0.378 e. The van der Waals surface area contributed by atoms with Crippen LogP contribution in [0.15, 0.2) is 0 Å². The molecule has 0 spiro atoms. The Morgan fingerprint density at radius 1 is 1.44 bits per heavy atom. The van der Waals surface area contributed by atoms with E-state index < -0.39 is 0 Å². The van der Waals surface area contributed by atoms with Crippen molar-refractivity contribution in [3.63, 3.8) is 0 Å². The summed E-state index contributed by atoms with van der Waals surface area (Å²) >= 11 is 0. The van der Waals surface area contributed by atoms with Crippen molar-refractivity contribution in [3.05, 3.63) is 0 Å². The number of rotatable bonds is 1. The quantitative estimate of drug-likeness (QED) is 0.522. The molecular formula is C8H14O. The van der Waals surface area contributed by atoms with E-state index in [1.165, 1.54) is 32.1 Å². The molecule has 3 rings (SSSR count). The van der Waals surface area contributed by atoms with E-state index in [-0.39, 0.29) is 0 Å². The Bertz CT molecular complexity index is 108. The topological polar surface area (TPSA) is 9.23 Å². The van der Waals surface area contributed by atoms with Crippen LogP contribution in [0.25, 0.3) is 0 Å². The van der Waals surface area contributed by atoms with Crippen LogP contribution in [0, 0.1) is 5.92 Å². The van der Waals surface area contributed by atoms with E-state index in [9.17, 15) is 0 Å².